The Morgan fingerprint density at radius 1 is 1.38 bits per heavy atom. The molecule has 1 aliphatic heterocycles. The largest absolute Gasteiger partial charge is 0.468 e. The fourth-order valence-electron chi connectivity index (χ4n) is 2.48. The van der Waals surface area contributed by atoms with Crippen LogP contribution in [0.2, 0.25) is 0 Å². The molecule has 2 fully saturated rings. The molecule has 0 spiro atoms. The second-order valence-electron chi connectivity index (χ2n) is 4.13. The van der Waals surface area contributed by atoms with Gasteiger partial charge in [0.25, 0.3) is 0 Å². The molecule has 2 atom stereocenters. The van der Waals surface area contributed by atoms with E-state index in [2.05, 4.69) is 10.1 Å². The van der Waals surface area contributed by atoms with Gasteiger partial charge in [-0.15, -0.1) is 0 Å². The van der Waals surface area contributed by atoms with Crippen LogP contribution in [0.5, 0.6) is 0 Å². The van der Waals surface area contributed by atoms with Crippen LogP contribution in [-0.2, 0) is 9.53 Å². The van der Waals surface area contributed by atoms with E-state index < -0.39 is 0 Å². The van der Waals surface area contributed by atoms with E-state index >= 15 is 0 Å². The van der Waals surface area contributed by atoms with Gasteiger partial charge in [0, 0.05) is 6.04 Å². The second-order valence-corrected chi connectivity index (χ2v) is 4.13. The van der Waals surface area contributed by atoms with Crippen molar-refractivity contribution in [2.75, 3.05) is 7.11 Å². The molecule has 0 amide bonds. The molecular formula is C10H17NO2. The Labute approximate surface area is 78.8 Å². The summed E-state index contributed by atoms with van der Waals surface area (Å²) >= 11 is 0. The summed E-state index contributed by atoms with van der Waals surface area (Å²) in [6.07, 6.45) is 6.39. The third-order valence-electron chi connectivity index (χ3n) is 3.36. The third-order valence-corrected chi connectivity index (χ3v) is 3.36. The minimum Gasteiger partial charge on any atom is -0.468 e. The summed E-state index contributed by atoms with van der Waals surface area (Å²) in [7, 11) is 1.45. The van der Waals surface area contributed by atoms with Crippen molar-refractivity contribution in [1.82, 2.24) is 5.32 Å². The van der Waals surface area contributed by atoms with Crippen molar-refractivity contribution in [3.63, 3.8) is 0 Å². The van der Waals surface area contributed by atoms with E-state index in [1.54, 1.807) is 0 Å². The Kier molecular flexibility index (Phi) is 2.54. The number of ether oxygens (including phenoxy) is 1. The van der Waals surface area contributed by atoms with Crippen LogP contribution < -0.4 is 5.32 Å². The van der Waals surface area contributed by atoms with Gasteiger partial charge in [-0.1, -0.05) is 12.8 Å². The summed E-state index contributed by atoms with van der Waals surface area (Å²) < 4.78 is 4.66. The highest BCUT2D eigenvalue weighted by Gasteiger charge is 2.39. The number of hydrogen-bond donors (Lipinski definition) is 1. The SMILES string of the molecule is COC(=O)C1CC(C2CCCC2)N1. The molecule has 0 aromatic heterocycles. The number of rotatable bonds is 2. The number of nitrogens with one attached hydrogen (secondary N) is 1. The van der Waals surface area contributed by atoms with E-state index in [-0.39, 0.29) is 12.0 Å². The first-order valence-corrected chi connectivity index (χ1v) is 5.15. The number of hydrogen-bond acceptors (Lipinski definition) is 3. The van der Waals surface area contributed by atoms with Gasteiger partial charge in [0.1, 0.15) is 6.04 Å². The van der Waals surface area contributed by atoms with Crippen molar-refractivity contribution in [3.05, 3.63) is 0 Å². The Morgan fingerprint density at radius 2 is 2.00 bits per heavy atom. The molecule has 3 heteroatoms. The molecule has 13 heavy (non-hydrogen) atoms. The molecule has 0 radical (unpaired) electrons. The van der Waals surface area contributed by atoms with Crippen molar-refractivity contribution in [3.8, 4) is 0 Å². The van der Waals surface area contributed by atoms with Crippen molar-refractivity contribution in [2.45, 2.75) is 44.2 Å². The Morgan fingerprint density at radius 3 is 2.54 bits per heavy atom. The molecule has 1 aliphatic carbocycles. The van der Waals surface area contributed by atoms with Crippen LogP contribution in [0.25, 0.3) is 0 Å². The van der Waals surface area contributed by atoms with Gasteiger partial charge in [0.15, 0.2) is 0 Å². The summed E-state index contributed by atoms with van der Waals surface area (Å²) in [6.45, 7) is 0. The first-order valence-electron chi connectivity index (χ1n) is 5.15. The van der Waals surface area contributed by atoms with E-state index in [0.29, 0.717) is 6.04 Å². The first kappa shape index (κ1) is 9.00. The summed E-state index contributed by atoms with van der Waals surface area (Å²) in [4.78, 5) is 11.1. The van der Waals surface area contributed by atoms with Crippen LogP contribution in [0.3, 0.4) is 0 Å². The molecule has 2 aliphatic rings. The van der Waals surface area contributed by atoms with Crippen LogP contribution in [-0.4, -0.2) is 25.2 Å². The summed E-state index contributed by atoms with van der Waals surface area (Å²) in [5.74, 6) is 0.718. The van der Waals surface area contributed by atoms with Crippen LogP contribution in [0.4, 0.5) is 0 Å². The average molecular weight is 183 g/mol. The van der Waals surface area contributed by atoms with Gasteiger partial charge in [0.05, 0.1) is 7.11 Å². The van der Waals surface area contributed by atoms with Crippen LogP contribution in [0, 0.1) is 5.92 Å². The van der Waals surface area contributed by atoms with Crippen molar-refractivity contribution >= 4 is 5.97 Å². The minimum atomic E-state index is -0.103. The third kappa shape index (κ3) is 1.70. The Hall–Kier alpha value is -0.570. The highest BCUT2D eigenvalue weighted by Crippen LogP contribution is 2.33. The quantitative estimate of drug-likeness (QED) is 0.651. The smallest absolute Gasteiger partial charge is 0.322 e. The zero-order valence-corrected chi connectivity index (χ0v) is 8.08. The predicted molar refractivity (Wildman–Crippen MR) is 49.3 cm³/mol. The first-order chi connectivity index (χ1) is 6.31. The Bertz CT molecular complexity index is 193. The molecule has 1 heterocycles. The van der Waals surface area contributed by atoms with Crippen LogP contribution in [0.1, 0.15) is 32.1 Å². The lowest BCUT2D eigenvalue weighted by atomic mass is 9.85. The molecule has 1 N–H and O–H groups in total. The highest BCUT2D eigenvalue weighted by atomic mass is 16.5. The molecule has 2 rings (SSSR count). The molecule has 3 nitrogen and oxygen atoms in total. The maximum absolute atomic E-state index is 11.1. The zero-order chi connectivity index (χ0) is 9.26. The lowest BCUT2D eigenvalue weighted by Gasteiger charge is -2.39. The lowest BCUT2D eigenvalue weighted by molar-refractivity contribution is -0.146. The molecule has 74 valence electrons. The topological polar surface area (TPSA) is 38.3 Å². The van der Waals surface area contributed by atoms with Crippen molar-refractivity contribution < 1.29 is 9.53 Å². The molecule has 2 unspecified atom stereocenters. The van der Waals surface area contributed by atoms with E-state index in [0.717, 1.165) is 12.3 Å². The monoisotopic (exact) mass is 183 g/mol. The molecule has 0 aromatic carbocycles. The van der Waals surface area contributed by atoms with Crippen LogP contribution >= 0.6 is 0 Å². The fourth-order valence-corrected chi connectivity index (χ4v) is 2.48. The highest BCUT2D eigenvalue weighted by molar-refractivity contribution is 5.76. The maximum Gasteiger partial charge on any atom is 0.322 e. The van der Waals surface area contributed by atoms with Gasteiger partial charge < -0.3 is 10.1 Å². The van der Waals surface area contributed by atoms with Crippen molar-refractivity contribution in [1.29, 1.82) is 0 Å². The van der Waals surface area contributed by atoms with E-state index in [1.807, 2.05) is 0 Å². The van der Waals surface area contributed by atoms with Gasteiger partial charge >= 0.3 is 5.97 Å². The lowest BCUT2D eigenvalue weighted by Crippen LogP contribution is -2.59. The van der Waals surface area contributed by atoms with Crippen molar-refractivity contribution in [2.24, 2.45) is 5.92 Å². The molecule has 0 aromatic rings. The normalized spacial score (nSPS) is 34.2. The van der Waals surface area contributed by atoms with Gasteiger partial charge in [-0.2, -0.15) is 0 Å². The summed E-state index contributed by atoms with van der Waals surface area (Å²) in [5, 5.41) is 3.30. The molecule has 1 saturated heterocycles. The minimum absolute atomic E-state index is 0.0180. The van der Waals surface area contributed by atoms with E-state index in [1.165, 1.54) is 32.8 Å². The summed E-state index contributed by atoms with van der Waals surface area (Å²) in [5.41, 5.74) is 0. The number of carbonyl (C=O) groups is 1. The number of carbonyl (C=O) groups excluding carboxylic acids is 1. The van der Waals surface area contributed by atoms with Crippen LogP contribution in [0.15, 0.2) is 0 Å². The second kappa shape index (κ2) is 3.66. The number of esters is 1. The van der Waals surface area contributed by atoms with Gasteiger partial charge in [-0.25, -0.2) is 0 Å². The van der Waals surface area contributed by atoms with E-state index in [4.69, 9.17) is 0 Å². The summed E-state index contributed by atoms with van der Waals surface area (Å²) in [6, 6.07) is 0.571. The predicted octanol–water partition coefficient (Wildman–Crippen LogP) is 1.08. The Balaban J connectivity index is 1.74. The molecular weight excluding hydrogens is 166 g/mol. The zero-order valence-electron chi connectivity index (χ0n) is 8.08. The average Bonchev–Trinajstić information content (AvgIpc) is 2.54. The fraction of sp³-hybridized carbons (Fsp3) is 0.900. The maximum atomic E-state index is 11.1. The van der Waals surface area contributed by atoms with E-state index in [9.17, 15) is 4.79 Å². The molecule has 1 saturated carbocycles. The number of methoxy groups -OCH3 is 1. The van der Waals surface area contributed by atoms with Gasteiger partial charge in [-0.3, -0.25) is 4.79 Å². The van der Waals surface area contributed by atoms with Gasteiger partial charge in [-0.05, 0) is 25.2 Å². The van der Waals surface area contributed by atoms with Gasteiger partial charge in [0.2, 0.25) is 0 Å². The standard InChI is InChI=1S/C10H17NO2/c1-13-10(12)9-6-8(11-9)7-4-2-3-5-7/h7-9,11H,2-6H2,1H3. The molecule has 0 bridgehead atoms.